The molecule has 0 radical (unpaired) electrons. The predicted octanol–water partition coefficient (Wildman–Crippen LogP) is 2.73. The van der Waals surface area contributed by atoms with E-state index in [2.05, 4.69) is 16.1 Å². The van der Waals surface area contributed by atoms with E-state index in [4.69, 9.17) is 11.6 Å². The van der Waals surface area contributed by atoms with Crippen LogP contribution < -0.4 is 21.1 Å². The molecule has 0 spiro atoms. The molecule has 2 heterocycles. The van der Waals surface area contributed by atoms with Crippen LogP contribution in [0.25, 0.3) is 0 Å². The van der Waals surface area contributed by atoms with Crippen LogP contribution in [0.5, 0.6) is 0 Å². The second kappa shape index (κ2) is 7.54. The van der Waals surface area contributed by atoms with E-state index in [9.17, 15) is 9.59 Å². The Kier molecular flexibility index (Phi) is 5.10. The lowest BCUT2D eigenvalue weighted by molar-refractivity contribution is -0.136. The van der Waals surface area contributed by atoms with Crippen LogP contribution in [0.2, 0.25) is 5.02 Å². The second-order valence-electron chi connectivity index (χ2n) is 7.36. The van der Waals surface area contributed by atoms with E-state index in [1.54, 1.807) is 18.2 Å². The number of piperidine rings is 1. The maximum atomic E-state index is 13.2. The first-order valence-corrected chi connectivity index (χ1v) is 9.78. The summed E-state index contributed by atoms with van der Waals surface area (Å²) in [6.07, 6.45) is -0.179. The van der Waals surface area contributed by atoms with Crippen molar-refractivity contribution in [1.82, 2.24) is 10.7 Å². The first-order valence-electron chi connectivity index (χ1n) is 9.41. The maximum Gasteiger partial charge on any atom is 0.236 e. The number of amides is 1. The van der Waals surface area contributed by atoms with Gasteiger partial charge in [-0.3, -0.25) is 19.9 Å². The number of anilines is 2. The van der Waals surface area contributed by atoms with Gasteiger partial charge in [0.25, 0.3) is 0 Å². The summed E-state index contributed by atoms with van der Waals surface area (Å²) in [6.45, 7) is 4.11. The number of halogens is 1. The lowest BCUT2D eigenvalue weighted by Gasteiger charge is -2.35. The Morgan fingerprint density at radius 2 is 1.93 bits per heavy atom. The summed E-state index contributed by atoms with van der Waals surface area (Å²) in [7, 11) is 0. The minimum absolute atomic E-state index is 0.0423. The predicted molar refractivity (Wildman–Crippen MR) is 110 cm³/mol. The Morgan fingerprint density at radius 1 is 1.18 bits per heavy atom. The number of Topliss-reactive ketones (excluding diaryl/α,β-unsaturated/α-hetero) is 1. The summed E-state index contributed by atoms with van der Waals surface area (Å²) >= 11 is 6.13. The number of hydrazine groups is 1. The number of ketones is 1. The molecule has 6 nitrogen and oxygen atoms in total. The topological polar surface area (TPSA) is 73.5 Å². The number of para-hydroxylation sites is 1. The van der Waals surface area contributed by atoms with Gasteiger partial charge in [0.15, 0.2) is 5.78 Å². The average molecular weight is 399 g/mol. The number of fused-ring (bicyclic) bond motifs is 1. The summed E-state index contributed by atoms with van der Waals surface area (Å²) in [5, 5.41) is 8.83. The minimum atomic E-state index is -0.736. The molecule has 2 aromatic rings. The third-order valence-electron chi connectivity index (χ3n) is 5.58. The van der Waals surface area contributed by atoms with Crippen LogP contribution in [0.1, 0.15) is 12.5 Å². The number of carbonyl (C=O) groups is 2. The Morgan fingerprint density at radius 3 is 2.68 bits per heavy atom. The zero-order valence-corrected chi connectivity index (χ0v) is 16.5. The van der Waals surface area contributed by atoms with Crippen molar-refractivity contribution in [2.24, 2.45) is 11.8 Å². The lowest BCUT2D eigenvalue weighted by Crippen LogP contribution is -2.58. The molecule has 2 aliphatic rings. The zero-order chi connectivity index (χ0) is 19.8. The van der Waals surface area contributed by atoms with Crippen LogP contribution in [-0.4, -0.2) is 30.4 Å². The van der Waals surface area contributed by atoms with Crippen LogP contribution in [0.3, 0.4) is 0 Å². The molecule has 2 aliphatic heterocycles. The van der Waals surface area contributed by atoms with Gasteiger partial charge in [-0.05, 0) is 43.7 Å². The Balaban J connectivity index is 1.52. The van der Waals surface area contributed by atoms with Crippen molar-refractivity contribution < 1.29 is 9.59 Å². The van der Waals surface area contributed by atoms with Crippen molar-refractivity contribution in [1.29, 1.82) is 0 Å². The van der Waals surface area contributed by atoms with Gasteiger partial charge in [0.1, 0.15) is 12.1 Å². The Bertz CT molecular complexity index is 905. The normalized spacial score (nSPS) is 26.8. The Labute approximate surface area is 169 Å². The van der Waals surface area contributed by atoms with Crippen LogP contribution >= 0.6 is 11.6 Å². The van der Waals surface area contributed by atoms with Crippen LogP contribution in [0.15, 0.2) is 48.5 Å². The van der Waals surface area contributed by atoms with Gasteiger partial charge >= 0.3 is 0 Å². The van der Waals surface area contributed by atoms with Gasteiger partial charge in [0.05, 0.1) is 11.6 Å². The molecule has 0 aromatic heterocycles. The summed E-state index contributed by atoms with van der Waals surface area (Å²) in [5.74, 6) is -1.39. The van der Waals surface area contributed by atoms with E-state index in [1.807, 2.05) is 49.2 Å². The smallest absolute Gasteiger partial charge is 0.236 e. The van der Waals surface area contributed by atoms with Gasteiger partial charge in [-0.15, -0.1) is 0 Å². The zero-order valence-electron chi connectivity index (χ0n) is 15.8. The maximum absolute atomic E-state index is 13.2. The summed E-state index contributed by atoms with van der Waals surface area (Å²) in [4.78, 5) is 26.0. The van der Waals surface area contributed by atoms with Crippen molar-refractivity contribution >= 4 is 34.7 Å². The van der Waals surface area contributed by atoms with Gasteiger partial charge in [-0.1, -0.05) is 35.9 Å². The molecule has 7 heteroatoms. The molecular formula is C21H23ClN4O2. The number of hydrogen-bond acceptors (Lipinski definition) is 5. The van der Waals surface area contributed by atoms with E-state index in [0.29, 0.717) is 17.3 Å². The molecule has 28 heavy (non-hydrogen) atoms. The van der Waals surface area contributed by atoms with E-state index in [0.717, 1.165) is 11.3 Å². The van der Waals surface area contributed by atoms with Gasteiger partial charge in [0.2, 0.25) is 5.91 Å². The number of rotatable bonds is 3. The van der Waals surface area contributed by atoms with Crippen molar-refractivity contribution in [3.8, 4) is 0 Å². The first kappa shape index (κ1) is 18.9. The van der Waals surface area contributed by atoms with Gasteiger partial charge < -0.3 is 5.32 Å². The molecule has 2 aromatic carbocycles. The van der Waals surface area contributed by atoms with Crippen LogP contribution in [0.4, 0.5) is 11.4 Å². The monoisotopic (exact) mass is 398 g/mol. The third-order valence-corrected chi connectivity index (χ3v) is 5.99. The molecule has 0 bridgehead atoms. The van der Waals surface area contributed by atoms with E-state index >= 15 is 0 Å². The SMILES string of the molecule is Cc1c(Cl)cccc1NC(=O)C1CNC2C(C1=O)C(C)NN2c1ccccc1. The van der Waals surface area contributed by atoms with Crippen molar-refractivity contribution in [2.45, 2.75) is 26.1 Å². The van der Waals surface area contributed by atoms with Crippen LogP contribution in [0, 0.1) is 18.8 Å². The van der Waals surface area contributed by atoms with Gasteiger partial charge in [-0.2, -0.15) is 0 Å². The fourth-order valence-corrected chi connectivity index (χ4v) is 4.19. The molecule has 4 atom stereocenters. The highest BCUT2D eigenvalue weighted by molar-refractivity contribution is 6.31. The number of nitrogens with one attached hydrogen (secondary N) is 3. The summed E-state index contributed by atoms with van der Waals surface area (Å²) in [6, 6.07) is 15.1. The molecule has 2 saturated heterocycles. The fraction of sp³-hybridized carbons (Fsp3) is 0.333. The average Bonchev–Trinajstić information content (AvgIpc) is 3.04. The highest BCUT2D eigenvalue weighted by atomic mass is 35.5. The highest BCUT2D eigenvalue weighted by Gasteiger charge is 2.50. The second-order valence-corrected chi connectivity index (χ2v) is 7.77. The lowest BCUT2D eigenvalue weighted by atomic mass is 9.83. The number of hydrogen-bond donors (Lipinski definition) is 3. The number of benzene rings is 2. The standard InChI is InChI=1S/C21H23ClN4O2/c1-12-16(22)9-6-10-17(12)24-21(28)15-11-23-20-18(19(15)27)13(2)25-26(20)14-7-4-3-5-8-14/h3-10,13,15,18,20,23,25H,11H2,1-2H3,(H,24,28). The molecule has 146 valence electrons. The molecule has 2 fully saturated rings. The van der Waals surface area contributed by atoms with Gasteiger partial charge in [-0.25, -0.2) is 5.43 Å². The van der Waals surface area contributed by atoms with Crippen molar-refractivity contribution in [2.75, 3.05) is 16.9 Å². The van der Waals surface area contributed by atoms with E-state index in [-0.39, 0.29) is 29.8 Å². The van der Waals surface area contributed by atoms with Crippen molar-refractivity contribution in [3.63, 3.8) is 0 Å². The minimum Gasteiger partial charge on any atom is -0.325 e. The van der Waals surface area contributed by atoms with Crippen LogP contribution in [-0.2, 0) is 9.59 Å². The summed E-state index contributed by atoms with van der Waals surface area (Å²) < 4.78 is 0. The molecule has 0 aliphatic carbocycles. The number of nitrogens with zero attached hydrogens (tertiary/aromatic N) is 1. The fourth-order valence-electron chi connectivity index (χ4n) is 4.01. The molecule has 1 amide bonds. The molecule has 4 unspecified atom stereocenters. The van der Waals surface area contributed by atoms with E-state index < -0.39 is 5.92 Å². The van der Waals surface area contributed by atoms with Gasteiger partial charge in [0, 0.05) is 23.3 Å². The largest absolute Gasteiger partial charge is 0.325 e. The van der Waals surface area contributed by atoms with E-state index in [1.165, 1.54) is 0 Å². The first-order chi connectivity index (χ1) is 13.5. The molecule has 4 rings (SSSR count). The van der Waals surface area contributed by atoms with Crippen molar-refractivity contribution in [3.05, 3.63) is 59.1 Å². The molecule has 0 saturated carbocycles. The molecular weight excluding hydrogens is 376 g/mol. The Hall–Kier alpha value is -2.41. The number of carbonyl (C=O) groups excluding carboxylic acids is 2. The summed E-state index contributed by atoms with van der Waals surface area (Å²) in [5.41, 5.74) is 5.78. The third kappa shape index (κ3) is 3.28. The highest BCUT2D eigenvalue weighted by Crippen LogP contribution is 2.32. The molecule has 3 N–H and O–H groups in total. The quantitative estimate of drug-likeness (QED) is 0.693.